The topological polar surface area (TPSA) is 169 Å². The highest BCUT2D eigenvalue weighted by atomic mass is 16.5. The van der Waals surface area contributed by atoms with E-state index in [1.807, 2.05) is 37.3 Å². The molecule has 1 atom stereocenters. The standard InChI is InChI=1S/C36H37N5O8/c1-24-11-7-8-18-30(24)40(3)33(44)23-49-29-17-10-16-28(20-29)41(22-32(43)39(2)27-14-5-4-6-15-27)31(42)21-37-36(48)38-26-13-9-12-25(19-26)34(45)35(46)47/h4-20,34,45H,21-23H2,1-3H3,(H,46,47)(H2,37,38,48). The maximum absolute atomic E-state index is 13.6. The molecular weight excluding hydrogens is 630 g/mol. The Bertz CT molecular complexity index is 1820. The minimum absolute atomic E-state index is 0.0548. The minimum atomic E-state index is -1.78. The van der Waals surface area contributed by atoms with Crippen molar-refractivity contribution in [2.45, 2.75) is 13.0 Å². The maximum atomic E-state index is 13.6. The van der Waals surface area contributed by atoms with Gasteiger partial charge < -0.3 is 40.3 Å². The van der Waals surface area contributed by atoms with Gasteiger partial charge in [-0.3, -0.25) is 14.4 Å². The van der Waals surface area contributed by atoms with Gasteiger partial charge in [0.25, 0.3) is 5.91 Å². The number of urea groups is 1. The Balaban J connectivity index is 1.48. The minimum Gasteiger partial charge on any atom is -0.484 e. The predicted octanol–water partition coefficient (Wildman–Crippen LogP) is 3.97. The number of aliphatic hydroxyl groups is 1. The van der Waals surface area contributed by atoms with Crippen LogP contribution in [0, 0.1) is 6.92 Å². The number of carbonyl (C=O) groups excluding carboxylic acids is 4. The second kappa shape index (κ2) is 16.6. The van der Waals surface area contributed by atoms with Crippen molar-refractivity contribution >= 4 is 52.5 Å². The van der Waals surface area contributed by atoms with Crippen LogP contribution >= 0.6 is 0 Å². The molecule has 5 amide bonds. The zero-order chi connectivity index (χ0) is 35.5. The molecule has 0 bridgehead atoms. The first-order chi connectivity index (χ1) is 23.4. The molecular formula is C36H37N5O8. The van der Waals surface area contributed by atoms with Crippen molar-refractivity contribution in [3.05, 3.63) is 114 Å². The molecule has 4 aromatic rings. The van der Waals surface area contributed by atoms with Crippen LogP contribution in [0.15, 0.2) is 103 Å². The molecule has 0 aromatic heterocycles. The quantitative estimate of drug-likeness (QED) is 0.166. The van der Waals surface area contributed by atoms with Crippen molar-refractivity contribution < 1.29 is 38.9 Å². The van der Waals surface area contributed by atoms with Gasteiger partial charge in [0.05, 0.1) is 6.54 Å². The number of likely N-dealkylation sites (N-methyl/N-ethyl adjacent to an activating group) is 2. The predicted molar refractivity (Wildman–Crippen MR) is 185 cm³/mol. The fourth-order valence-corrected chi connectivity index (χ4v) is 4.77. The Morgan fingerprint density at radius 2 is 1.43 bits per heavy atom. The van der Waals surface area contributed by atoms with E-state index in [1.54, 1.807) is 56.6 Å². The number of ether oxygens (including phenoxy) is 1. The van der Waals surface area contributed by atoms with Gasteiger partial charge in [-0.05, 0) is 60.5 Å². The Kier molecular flexibility index (Phi) is 12.0. The fourth-order valence-electron chi connectivity index (χ4n) is 4.77. The number of hydrogen-bond donors (Lipinski definition) is 4. The Morgan fingerprint density at radius 1 is 0.755 bits per heavy atom. The zero-order valence-corrected chi connectivity index (χ0v) is 27.2. The summed E-state index contributed by atoms with van der Waals surface area (Å²) in [7, 11) is 3.23. The highest BCUT2D eigenvalue weighted by molar-refractivity contribution is 6.05. The lowest BCUT2D eigenvalue weighted by molar-refractivity contribution is -0.147. The van der Waals surface area contributed by atoms with Crippen LogP contribution in [-0.4, -0.2) is 73.7 Å². The van der Waals surface area contributed by atoms with Gasteiger partial charge in [0.15, 0.2) is 12.7 Å². The second-order valence-corrected chi connectivity index (χ2v) is 11.0. The van der Waals surface area contributed by atoms with Gasteiger partial charge in [0.2, 0.25) is 11.8 Å². The molecule has 0 radical (unpaired) electrons. The summed E-state index contributed by atoms with van der Waals surface area (Å²) in [5, 5.41) is 23.8. The summed E-state index contributed by atoms with van der Waals surface area (Å²) in [4.78, 5) is 67.8. The first-order valence-electron chi connectivity index (χ1n) is 15.2. The first kappa shape index (κ1) is 35.6. The molecule has 1 unspecified atom stereocenters. The van der Waals surface area contributed by atoms with Crippen molar-refractivity contribution in [3.8, 4) is 5.75 Å². The summed E-state index contributed by atoms with van der Waals surface area (Å²) in [6, 6.07) is 27.5. The van der Waals surface area contributed by atoms with Gasteiger partial charge in [-0.1, -0.05) is 54.6 Å². The third-order valence-corrected chi connectivity index (χ3v) is 7.55. The van der Waals surface area contributed by atoms with Gasteiger partial charge in [0.1, 0.15) is 12.3 Å². The average molecular weight is 668 g/mol. The van der Waals surface area contributed by atoms with Crippen LogP contribution in [-0.2, 0) is 19.2 Å². The summed E-state index contributed by atoms with van der Waals surface area (Å²) in [6.45, 7) is 0.705. The summed E-state index contributed by atoms with van der Waals surface area (Å²) < 4.78 is 5.79. The van der Waals surface area contributed by atoms with E-state index in [0.29, 0.717) is 5.69 Å². The number of para-hydroxylation sites is 2. The molecule has 0 aliphatic rings. The monoisotopic (exact) mass is 667 g/mol. The largest absolute Gasteiger partial charge is 0.484 e. The number of carbonyl (C=O) groups is 5. The molecule has 13 heteroatoms. The highest BCUT2D eigenvalue weighted by Crippen LogP contribution is 2.24. The van der Waals surface area contributed by atoms with E-state index in [9.17, 15) is 29.1 Å². The molecule has 4 N–H and O–H groups in total. The number of hydrogen-bond acceptors (Lipinski definition) is 7. The molecule has 254 valence electrons. The van der Waals surface area contributed by atoms with Crippen LogP contribution in [0.25, 0.3) is 0 Å². The van der Waals surface area contributed by atoms with Crippen molar-refractivity contribution in [3.63, 3.8) is 0 Å². The number of nitrogens with one attached hydrogen (secondary N) is 2. The molecule has 0 aliphatic heterocycles. The number of benzene rings is 4. The van der Waals surface area contributed by atoms with Crippen molar-refractivity contribution in [1.82, 2.24) is 5.32 Å². The zero-order valence-electron chi connectivity index (χ0n) is 27.2. The molecule has 0 saturated carbocycles. The van der Waals surface area contributed by atoms with Crippen molar-refractivity contribution in [1.29, 1.82) is 0 Å². The number of aliphatic carboxylic acids is 1. The first-order valence-corrected chi connectivity index (χ1v) is 15.2. The van der Waals surface area contributed by atoms with Crippen molar-refractivity contribution in [2.75, 3.05) is 53.8 Å². The molecule has 0 fully saturated rings. The molecule has 0 spiro atoms. The van der Waals surface area contributed by atoms with Gasteiger partial charge in [0, 0.05) is 42.9 Å². The lowest BCUT2D eigenvalue weighted by Crippen LogP contribution is -2.46. The van der Waals surface area contributed by atoms with Crippen LogP contribution in [0.3, 0.4) is 0 Å². The van der Waals surface area contributed by atoms with Crippen LogP contribution < -0.4 is 30.1 Å². The summed E-state index contributed by atoms with van der Waals surface area (Å²) in [5.74, 6) is -2.52. The average Bonchev–Trinajstić information content (AvgIpc) is 3.11. The van der Waals surface area contributed by atoms with Gasteiger partial charge in [-0.15, -0.1) is 0 Å². The SMILES string of the molecule is Cc1ccccc1N(C)C(=O)COc1cccc(N(CC(=O)N(C)c2ccccc2)C(=O)CNC(=O)Nc2cccc(C(O)C(=O)O)c2)c1. The van der Waals surface area contributed by atoms with Crippen LogP contribution in [0.2, 0.25) is 0 Å². The maximum Gasteiger partial charge on any atom is 0.337 e. The van der Waals surface area contributed by atoms with Crippen molar-refractivity contribution in [2.24, 2.45) is 0 Å². The number of amides is 5. The molecule has 0 aliphatic carbocycles. The number of aryl methyl sites for hydroxylation is 1. The van der Waals surface area contributed by atoms with E-state index >= 15 is 0 Å². The molecule has 49 heavy (non-hydrogen) atoms. The Hall–Kier alpha value is -6.21. The number of aliphatic hydroxyl groups excluding tert-OH is 1. The molecule has 0 heterocycles. The smallest absolute Gasteiger partial charge is 0.337 e. The molecule has 13 nitrogen and oxygen atoms in total. The number of carboxylic acid groups (broad SMARTS) is 1. The number of carboxylic acids is 1. The summed E-state index contributed by atoms with van der Waals surface area (Å²) >= 11 is 0. The number of rotatable bonds is 13. The number of anilines is 4. The van der Waals surface area contributed by atoms with E-state index in [-0.39, 0.29) is 41.7 Å². The molecule has 4 aromatic carbocycles. The molecule has 0 saturated heterocycles. The third kappa shape index (κ3) is 9.65. The van der Waals surface area contributed by atoms with Crippen LogP contribution in [0.4, 0.5) is 27.5 Å². The summed E-state index contributed by atoms with van der Waals surface area (Å²) in [5.41, 5.74) is 2.80. The third-order valence-electron chi connectivity index (χ3n) is 7.55. The van der Waals surface area contributed by atoms with Gasteiger partial charge in [-0.25, -0.2) is 9.59 Å². The van der Waals surface area contributed by atoms with Gasteiger partial charge in [-0.2, -0.15) is 0 Å². The van der Waals surface area contributed by atoms with E-state index in [2.05, 4.69) is 10.6 Å². The van der Waals surface area contributed by atoms with E-state index < -0.39 is 36.5 Å². The lowest BCUT2D eigenvalue weighted by Gasteiger charge is -2.26. The summed E-state index contributed by atoms with van der Waals surface area (Å²) in [6.07, 6.45) is -1.78. The lowest BCUT2D eigenvalue weighted by atomic mass is 10.1. The second-order valence-electron chi connectivity index (χ2n) is 11.0. The van der Waals surface area contributed by atoms with Crippen LogP contribution in [0.1, 0.15) is 17.2 Å². The Labute approximate surface area is 283 Å². The van der Waals surface area contributed by atoms with E-state index in [0.717, 1.165) is 11.3 Å². The highest BCUT2D eigenvalue weighted by Gasteiger charge is 2.24. The van der Waals surface area contributed by atoms with Gasteiger partial charge >= 0.3 is 12.0 Å². The molecule has 4 rings (SSSR count). The van der Waals surface area contributed by atoms with E-state index in [1.165, 1.54) is 45.0 Å². The van der Waals surface area contributed by atoms with E-state index in [4.69, 9.17) is 9.84 Å². The Morgan fingerprint density at radius 3 is 2.14 bits per heavy atom. The van der Waals surface area contributed by atoms with Crippen LogP contribution in [0.5, 0.6) is 5.75 Å². The number of nitrogens with zero attached hydrogens (tertiary/aromatic N) is 3. The normalized spacial score (nSPS) is 11.1. The fraction of sp³-hybridized carbons (Fsp3) is 0.194.